The van der Waals surface area contributed by atoms with Crippen LogP contribution in [0, 0.1) is 5.92 Å². The topological polar surface area (TPSA) is 145 Å². The lowest BCUT2D eigenvalue weighted by Gasteiger charge is -2.17. The van der Waals surface area contributed by atoms with E-state index in [4.69, 9.17) is 11.5 Å². The predicted molar refractivity (Wildman–Crippen MR) is 150 cm³/mol. The van der Waals surface area contributed by atoms with Gasteiger partial charge in [-0.25, -0.2) is 8.42 Å². The van der Waals surface area contributed by atoms with Crippen LogP contribution in [0.1, 0.15) is 35.1 Å². The van der Waals surface area contributed by atoms with Gasteiger partial charge in [-0.2, -0.15) is 0 Å². The van der Waals surface area contributed by atoms with Crippen LogP contribution >= 0.6 is 0 Å². The number of nitrogens with zero attached hydrogens (tertiary/aromatic N) is 1. The number of sulfone groups is 1. The molecular weight excluding hydrogens is 500 g/mol. The Bertz CT molecular complexity index is 1340. The number of carbonyl (C=O) groups is 2. The number of nitrogens with two attached hydrogens (primary N) is 2. The fourth-order valence-corrected chi connectivity index (χ4v) is 5.75. The van der Waals surface area contributed by atoms with Crippen molar-refractivity contribution in [2.75, 3.05) is 18.0 Å². The van der Waals surface area contributed by atoms with Gasteiger partial charge >= 0.3 is 0 Å². The van der Waals surface area contributed by atoms with Gasteiger partial charge in [-0.1, -0.05) is 43.0 Å². The molecule has 9 heteroatoms. The van der Waals surface area contributed by atoms with Crippen molar-refractivity contribution >= 4 is 32.9 Å². The standard InChI is InChI=1S/C29H34N4O4S/c1-21(30)25-8-2-22(3-9-25)7-13-28(34)18-33-29(35)26(10-4-23-14-16-32-17-15-23)20-38(36,37)19-24-5-11-27(31)12-6-24/h2-3,5-6,8-9,11-12,14-17,26H,1,4,7,10,13,18-20,30-31H2,(H,33,35). The van der Waals surface area contributed by atoms with Crippen molar-refractivity contribution < 1.29 is 18.0 Å². The average Bonchev–Trinajstić information content (AvgIpc) is 2.90. The van der Waals surface area contributed by atoms with Gasteiger partial charge in [0, 0.05) is 30.2 Å². The average molecular weight is 535 g/mol. The first-order chi connectivity index (χ1) is 18.1. The molecule has 1 heterocycles. The van der Waals surface area contributed by atoms with Gasteiger partial charge in [-0.3, -0.25) is 14.6 Å². The molecule has 1 aromatic heterocycles. The van der Waals surface area contributed by atoms with Crippen LogP contribution in [0.2, 0.25) is 0 Å². The number of hydrogen-bond donors (Lipinski definition) is 3. The zero-order valence-electron chi connectivity index (χ0n) is 21.3. The lowest BCUT2D eigenvalue weighted by atomic mass is 10.0. The van der Waals surface area contributed by atoms with Crippen molar-refractivity contribution in [2.45, 2.75) is 31.4 Å². The second kappa shape index (κ2) is 13.5. The molecule has 0 aliphatic carbocycles. The second-order valence-corrected chi connectivity index (χ2v) is 11.5. The van der Waals surface area contributed by atoms with E-state index in [1.807, 2.05) is 36.4 Å². The summed E-state index contributed by atoms with van der Waals surface area (Å²) in [7, 11) is -3.60. The summed E-state index contributed by atoms with van der Waals surface area (Å²) in [6, 6.07) is 17.8. The van der Waals surface area contributed by atoms with Gasteiger partial charge in [0.15, 0.2) is 15.6 Å². The van der Waals surface area contributed by atoms with Crippen LogP contribution < -0.4 is 16.8 Å². The highest BCUT2D eigenvalue weighted by molar-refractivity contribution is 7.90. The number of rotatable bonds is 14. The number of aromatic nitrogens is 1. The normalized spacial score (nSPS) is 12.0. The van der Waals surface area contributed by atoms with Crippen LogP contribution in [0.15, 0.2) is 79.6 Å². The molecule has 3 aromatic rings. The van der Waals surface area contributed by atoms with E-state index in [1.165, 1.54) is 0 Å². The number of nitrogen functional groups attached to an aromatic ring is 1. The van der Waals surface area contributed by atoms with Crippen LogP contribution in [-0.4, -0.2) is 37.4 Å². The number of Topliss-reactive ketones (excluding diaryl/α,β-unsaturated/α-hetero) is 1. The number of ketones is 1. The first-order valence-corrected chi connectivity index (χ1v) is 14.2. The molecular formula is C29H34N4O4S. The largest absolute Gasteiger partial charge is 0.399 e. The first kappa shape index (κ1) is 28.6. The molecule has 0 aliphatic heterocycles. The van der Waals surface area contributed by atoms with Crippen LogP contribution in [-0.2, 0) is 38.0 Å². The number of anilines is 1. The predicted octanol–water partition coefficient (Wildman–Crippen LogP) is 3.08. The minimum absolute atomic E-state index is 0.136. The Morgan fingerprint density at radius 3 is 2.13 bits per heavy atom. The number of amides is 1. The minimum Gasteiger partial charge on any atom is -0.399 e. The third-order valence-corrected chi connectivity index (χ3v) is 7.88. The highest BCUT2D eigenvalue weighted by atomic mass is 32.2. The molecule has 1 atom stereocenters. The van der Waals surface area contributed by atoms with Crippen molar-refractivity contribution in [3.8, 4) is 0 Å². The highest BCUT2D eigenvalue weighted by Gasteiger charge is 2.26. The Labute approximate surface area is 224 Å². The molecule has 0 radical (unpaired) electrons. The smallest absolute Gasteiger partial charge is 0.224 e. The summed E-state index contributed by atoms with van der Waals surface area (Å²) in [6.45, 7) is 3.55. The number of pyridine rings is 1. The molecule has 38 heavy (non-hydrogen) atoms. The molecule has 5 N–H and O–H groups in total. The van der Waals surface area contributed by atoms with Crippen LogP contribution in [0.3, 0.4) is 0 Å². The maximum absolute atomic E-state index is 13.0. The number of carbonyl (C=O) groups excluding carboxylic acids is 2. The Balaban J connectivity index is 1.58. The Morgan fingerprint density at radius 1 is 0.895 bits per heavy atom. The molecule has 200 valence electrons. The monoisotopic (exact) mass is 534 g/mol. The molecule has 1 amide bonds. The maximum atomic E-state index is 13.0. The molecule has 8 nitrogen and oxygen atoms in total. The first-order valence-electron chi connectivity index (χ1n) is 12.4. The van der Waals surface area contributed by atoms with Crippen molar-refractivity contribution in [1.29, 1.82) is 0 Å². The van der Waals surface area contributed by atoms with Crippen LogP contribution in [0.25, 0.3) is 5.70 Å². The minimum atomic E-state index is -3.60. The number of benzene rings is 2. The molecule has 0 bridgehead atoms. The SMILES string of the molecule is C=C(N)c1ccc(CCC(=O)CNC(=O)C(CCc2ccncc2)CS(=O)(=O)Cc2ccc(N)cc2)cc1. The summed E-state index contributed by atoms with van der Waals surface area (Å²) in [4.78, 5) is 29.5. The van der Waals surface area contributed by atoms with Gasteiger partial charge in [0.25, 0.3) is 0 Å². The van der Waals surface area contributed by atoms with E-state index in [-0.39, 0.29) is 30.3 Å². The summed E-state index contributed by atoms with van der Waals surface area (Å²) < 4.78 is 25.9. The maximum Gasteiger partial charge on any atom is 0.224 e. The number of hydrogen-bond acceptors (Lipinski definition) is 7. The van der Waals surface area contributed by atoms with Gasteiger partial charge in [-0.15, -0.1) is 0 Å². The molecule has 0 saturated carbocycles. The van der Waals surface area contributed by atoms with Gasteiger partial charge < -0.3 is 16.8 Å². The lowest BCUT2D eigenvalue weighted by molar-refractivity contribution is -0.127. The number of nitrogens with one attached hydrogen (secondary N) is 1. The second-order valence-electron chi connectivity index (χ2n) is 9.37. The molecule has 0 fully saturated rings. The third-order valence-electron chi connectivity index (χ3n) is 6.20. The summed E-state index contributed by atoms with van der Waals surface area (Å²) in [6.07, 6.45) is 4.91. The van der Waals surface area contributed by atoms with Gasteiger partial charge in [-0.05, 0) is 65.8 Å². The fourth-order valence-electron chi connectivity index (χ4n) is 4.00. The van der Waals surface area contributed by atoms with E-state index in [0.717, 1.165) is 16.7 Å². The van der Waals surface area contributed by atoms with Crippen molar-refractivity contribution in [3.63, 3.8) is 0 Å². The molecule has 0 saturated heterocycles. The van der Waals surface area contributed by atoms with Crippen molar-refractivity contribution in [2.24, 2.45) is 11.7 Å². The molecule has 0 aliphatic rings. The van der Waals surface area contributed by atoms with Crippen LogP contribution in [0.4, 0.5) is 5.69 Å². The fraction of sp³-hybridized carbons (Fsp3) is 0.276. The summed E-state index contributed by atoms with van der Waals surface area (Å²) >= 11 is 0. The molecule has 0 spiro atoms. The lowest BCUT2D eigenvalue weighted by Crippen LogP contribution is -2.38. The summed E-state index contributed by atoms with van der Waals surface area (Å²) in [5.74, 6) is -1.89. The summed E-state index contributed by atoms with van der Waals surface area (Å²) in [5.41, 5.74) is 15.8. The quantitative estimate of drug-likeness (QED) is 0.270. The van der Waals surface area contributed by atoms with Crippen LogP contribution in [0.5, 0.6) is 0 Å². The van der Waals surface area contributed by atoms with Crippen molar-refractivity contribution in [1.82, 2.24) is 10.3 Å². The van der Waals surface area contributed by atoms with E-state index >= 15 is 0 Å². The highest BCUT2D eigenvalue weighted by Crippen LogP contribution is 2.17. The Kier molecular flexibility index (Phi) is 10.2. The van der Waals surface area contributed by atoms with E-state index in [1.54, 1.807) is 36.7 Å². The zero-order valence-corrected chi connectivity index (χ0v) is 22.1. The number of aryl methyl sites for hydroxylation is 2. The zero-order chi connectivity index (χ0) is 27.5. The molecule has 2 aromatic carbocycles. The Morgan fingerprint density at radius 2 is 1.50 bits per heavy atom. The molecule has 3 rings (SSSR count). The van der Waals surface area contributed by atoms with Gasteiger partial charge in [0.1, 0.15) is 0 Å². The third kappa shape index (κ3) is 9.48. The summed E-state index contributed by atoms with van der Waals surface area (Å²) in [5, 5.41) is 2.66. The van der Waals surface area contributed by atoms with Gasteiger partial charge in [0.2, 0.25) is 5.91 Å². The molecule has 1 unspecified atom stereocenters. The van der Waals surface area contributed by atoms with E-state index < -0.39 is 21.7 Å². The Hall–Kier alpha value is -3.98. The van der Waals surface area contributed by atoms with E-state index in [0.29, 0.717) is 36.2 Å². The van der Waals surface area contributed by atoms with E-state index in [2.05, 4.69) is 16.9 Å². The van der Waals surface area contributed by atoms with Crippen molar-refractivity contribution in [3.05, 3.63) is 102 Å². The van der Waals surface area contributed by atoms with Gasteiger partial charge in [0.05, 0.1) is 24.0 Å². The van der Waals surface area contributed by atoms with E-state index in [9.17, 15) is 18.0 Å².